The molecule has 3 heterocycles. The third-order valence-electron chi connectivity index (χ3n) is 7.11. The van der Waals surface area contributed by atoms with Crippen LogP contribution in [0.1, 0.15) is 62.2 Å². The molecule has 2 aromatic rings. The van der Waals surface area contributed by atoms with Crippen LogP contribution in [0.5, 0.6) is 0 Å². The monoisotopic (exact) mass is 393 g/mol. The van der Waals surface area contributed by atoms with Gasteiger partial charge in [-0.2, -0.15) is 5.10 Å². The van der Waals surface area contributed by atoms with Crippen LogP contribution in [0.3, 0.4) is 0 Å². The van der Waals surface area contributed by atoms with Gasteiger partial charge in [-0.15, -0.1) is 0 Å². The van der Waals surface area contributed by atoms with E-state index in [1.54, 1.807) is 0 Å². The maximum Gasteiger partial charge on any atom is 0.225 e. The standard InChI is InChI=1S/C23H31N5O/c1-16(2)20-24-21(26-25-20)19-12-27(11-17-7-4-3-5-8-17)13-23(19)14-28(15-23)22(29)18-9-6-10-18/h3-5,7-8,16,18-19H,6,9-15H2,1-2H3,(H,24,25,26). The lowest BCUT2D eigenvalue weighted by Gasteiger charge is -2.52. The number of rotatable bonds is 5. The van der Waals surface area contributed by atoms with Crippen LogP contribution in [-0.4, -0.2) is 57.1 Å². The Morgan fingerprint density at radius 3 is 2.59 bits per heavy atom. The first-order valence-corrected chi connectivity index (χ1v) is 11.0. The SMILES string of the molecule is CC(C)c1n[nH]c(C2CN(Cc3ccccc3)CC23CN(C(=O)C2CCC2)C3)n1. The first-order chi connectivity index (χ1) is 14.0. The third kappa shape index (κ3) is 3.37. The van der Waals surface area contributed by atoms with Gasteiger partial charge in [-0.3, -0.25) is 14.8 Å². The number of carbonyl (C=O) groups is 1. The van der Waals surface area contributed by atoms with Crippen molar-refractivity contribution in [1.82, 2.24) is 25.0 Å². The van der Waals surface area contributed by atoms with Gasteiger partial charge >= 0.3 is 0 Å². The molecule has 1 aromatic heterocycles. The number of carbonyl (C=O) groups excluding carboxylic acids is 1. The summed E-state index contributed by atoms with van der Waals surface area (Å²) in [6, 6.07) is 10.7. The number of nitrogens with one attached hydrogen (secondary N) is 1. The van der Waals surface area contributed by atoms with Crippen molar-refractivity contribution >= 4 is 5.91 Å². The van der Waals surface area contributed by atoms with E-state index in [0.29, 0.717) is 17.7 Å². The summed E-state index contributed by atoms with van der Waals surface area (Å²) in [7, 11) is 0. The Balaban J connectivity index is 1.35. The predicted molar refractivity (Wildman–Crippen MR) is 111 cm³/mol. The van der Waals surface area contributed by atoms with Gasteiger partial charge in [-0.05, 0) is 18.4 Å². The van der Waals surface area contributed by atoms with Gasteiger partial charge in [0, 0.05) is 55.9 Å². The molecule has 0 radical (unpaired) electrons. The Labute approximate surface area is 172 Å². The molecule has 1 atom stereocenters. The Bertz CT molecular complexity index is 866. The summed E-state index contributed by atoms with van der Waals surface area (Å²) in [5, 5.41) is 7.70. The maximum atomic E-state index is 12.7. The molecule has 6 heteroatoms. The van der Waals surface area contributed by atoms with Crippen molar-refractivity contribution in [3.63, 3.8) is 0 Å². The Morgan fingerprint density at radius 2 is 1.97 bits per heavy atom. The lowest BCUT2D eigenvalue weighted by atomic mass is 9.70. The summed E-state index contributed by atoms with van der Waals surface area (Å²) >= 11 is 0. The lowest BCUT2D eigenvalue weighted by Crippen LogP contribution is -2.63. The summed E-state index contributed by atoms with van der Waals surface area (Å²) in [4.78, 5) is 22.2. The molecule has 154 valence electrons. The van der Waals surface area contributed by atoms with Crippen molar-refractivity contribution in [2.75, 3.05) is 26.2 Å². The zero-order valence-corrected chi connectivity index (χ0v) is 17.5. The molecule has 2 aliphatic heterocycles. The number of likely N-dealkylation sites (tertiary alicyclic amines) is 2. The molecule has 1 aliphatic carbocycles. The van der Waals surface area contributed by atoms with Crippen molar-refractivity contribution in [1.29, 1.82) is 0 Å². The number of benzene rings is 1. The van der Waals surface area contributed by atoms with Crippen molar-refractivity contribution in [2.45, 2.75) is 51.5 Å². The first-order valence-electron chi connectivity index (χ1n) is 11.0. The smallest absolute Gasteiger partial charge is 0.225 e. The quantitative estimate of drug-likeness (QED) is 0.847. The summed E-state index contributed by atoms with van der Waals surface area (Å²) in [6.45, 7) is 8.89. The fourth-order valence-corrected chi connectivity index (χ4v) is 5.22. The fraction of sp³-hybridized carbons (Fsp3) is 0.609. The average Bonchev–Trinajstić information content (AvgIpc) is 3.24. The van der Waals surface area contributed by atoms with Crippen LogP contribution in [0, 0.1) is 11.3 Å². The van der Waals surface area contributed by atoms with E-state index < -0.39 is 0 Å². The molecular weight excluding hydrogens is 362 g/mol. The second-order valence-corrected chi connectivity index (χ2v) is 9.63. The Morgan fingerprint density at radius 1 is 1.21 bits per heavy atom. The molecule has 1 spiro atoms. The highest BCUT2D eigenvalue weighted by Gasteiger charge is 2.57. The maximum absolute atomic E-state index is 12.7. The van der Waals surface area contributed by atoms with Crippen LogP contribution in [-0.2, 0) is 11.3 Å². The second kappa shape index (κ2) is 7.24. The summed E-state index contributed by atoms with van der Waals surface area (Å²) in [5.74, 6) is 3.17. The minimum absolute atomic E-state index is 0.0992. The molecule has 3 fully saturated rings. The Hall–Kier alpha value is -2.21. The minimum atomic E-state index is 0.0992. The minimum Gasteiger partial charge on any atom is -0.341 e. The molecule has 1 unspecified atom stereocenters. The zero-order chi connectivity index (χ0) is 20.0. The number of nitrogens with zero attached hydrogens (tertiary/aromatic N) is 4. The lowest BCUT2D eigenvalue weighted by molar-refractivity contribution is -0.151. The summed E-state index contributed by atoms with van der Waals surface area (Å²) < 4.78 is 0. The molecule has 29 heavy (non-hydrogen) atoms. The van der Waals surface area contributed by atoms with E-state index in [-0.39, 0.29) is 11.3 Å². The van der Waals surface area contributed by atoms with Crippen molar-refractivity contribution in [3.05, 3.63) is 47.5 Å². The molecule has 3 aliphatic rings. The Kier molecular flexibility index (Phi) is 4.69. The fourth-order valence-electron chi connectivity index (χ4n) is 5.22. The topological polar surface area (TPSA) is 65.1 Å². The number of hydrogen-bond donors (Lipinski definition) is 1. The van der Waals surface area contributed by atoms with Crippen molar-refractivity contribution in [2.24, 2.45) is 11.3 Å². The van der Waals surface area contributed by atoms with Gasteiger partial charge in [0.1, 0.15) is 5.82 Å². The number of aromatic amines is 1. The highest BCUT2D eigenvalue weighted by molar-refractivity contribution is 5.80. The van der Waals surface area contributed by atoms with Gasteiger partial charge in [-0.25, -0.2) is 4.98 Å². The predicted octanol–water partition coefficient (Wildman–Crippen LogP) is 3.16. The van der Waals surface area contributed by atoms with Gasteiger partial charge in [0.2, 0.25) is 5.91 Å². The van der Waals surface area contributed by atoms with Gasteiger partial charge < -0.3 is 4.90 Å². The normalized spacial score (nSPS) is 24.1. The second-order valence-electron chi connectivity index (χ2n) is 9.63. The van der Waals surface area contributed by atoms with Gasteiger partial charge in [0.05, 0.1) is 0 Å². The number of amides is 1. The van der Waals surface area contributed by atoms with Crippen LogP contribution in [0.4, 0.5) is 0 Å². The molecule has 1 aromatic carbocycles. The molecular formula is C23H31N5O. The van der Waals surface area contributed by atoms with Gasteiger partial charge in [-0.1, -0.05) is 50.6 Å². The van der Waals surface area contributed by atoms with Crippen LogP contribution < -0.4 is 0 Å². The highest BCUT2D eigenvalue weighted by Crippen LogP contribution is 2.49. The number of aromatic nitrogens is 3. The first kappa shape index (κ1) is 18.8. The molecule has 5 rings (SSSR count). The van der Waals surface area contributed by atoms with E-state index in [0.717, 1.165) is 57.2 Å². The van der Waals surface area contributed by atoms with Crippen LogP contribution in [0.25, 0.3) is 0 Å². The third-order valence-corrected chi connectivity index (χ3v) is 7.11. The number of H-pyrrole nitrogens is 1. The summed E-state index contributed by atoms with van der Waals surface area (Å²) in [5.41, 5.74) is 1.44. The van der Waals surface area contributed by atoms with E-state index in [9.17, 15) is 4.79 Å². The zero-order valence-electron chi connectivity index (χ0n) is 17.5. The number of hydrogen-bond acceptors (Lipinski definition) is 4. The summed E-state index contributed by atoms with van der Waals surface area (Å²) in [6.07, 6.45) is 3.36. The van der Waals surface area contributed by atoms with Gasteiger partial charge in [0.25, 0.3) is 0 Å². The molecule has 0 bridgehead atoms. The van der Waals surface area contributed by atoms with E-state index in [4.69, 9.17) is 4.98 Å². The van der Waals surface area contributed by atoms with Crippen LogP contribution in [0.15, 0.2) is 30.3 Å². The molecule has 2 saturated heterocycles. The molecule has 1 saturated carbocycles. The van der Waals surface area contributed by atoms with Crippen molar-refractivity contribution in [3.8, 4) is 0 Å². The van der Waals surface area contributed by atoms with Crippen LogP contribution >= 0.6 is 0 Å². The molecule has 6 nitrogen and oxygen atoms in total. The molecule has 1 amide bonds. The van der Waals surface area contributed by atoms with E-state index in [1.807, 2.05) is 0 Å². The largest absolute Gasteiger partial charge is 0.341 e. The highest BCUT2D eigenvalue weighted by atomic mass is 16.2. The van der Waals surface area contributed by atoms with E-state index in [2.05, 4.69) is 64.2 Å². The molecule has 1 N–H and O–H groups in total. The van der Waals surface area contributed by atoms with E-state index >= 15 is 0 Å². The van der Waals surface area contributed by atoms with Crippen LogP contribution in [0.2, 0.25) is 0 Å². The van der Waals surface area contributed by atoms with E-state index in [1.165, 1.54) is 12.0 Å². The van der Waals surface area contributed by atoms with Gasteiger partial charge in [0.15, 0.2) is 5.82 Å². The van der Waals surface area contributed by atoms with Crippen molar-refractivity contribution < 1.29 is 4.79 Å². The average molecular weight is 394 g/mol.